The van der Waals surface area contributed by atoms with Crippen molar-refractivity contribution in [2.45, 2.75) is 33.2 Å². The predicted molar refractivity (Wildman–Crippen MR) is 69.1 cm³/mol. The second kappa shape index (κ2) is 6.40. The van der Waals surface area contributed by atoms with Gasteiger partial charge in [-0.05, 0) is 38.0 Å². The molecule has 1 aromatic carbocycles. The number of nitrogens with zero attached hydrogens (tertiary/aromatic N) is 1. The van der Waals surface area contributed by atoms with Crippen LogP contribution in [0, 0.1) is 0 Å². The van der Waals surface area contributed by atoms with E-state index in [9.17, 15) is 4.79 Å². The van der Waals surface area contributed by atoms with Gasteiger partial charge in [-0.1, -0.05) is 19.1 Å². The Balaban J connectivity index is 2.85. The summed E-state index contributed by atoms with van der Waals surface area (Å²) in [5.41, 5.74) is 1.91. The van der Waals surface area contributed by atoms with Gasteiger partial charge in [-0.25, -0.2) is 0 Å². The second-order valence-electron chi connectivity index (χ2n) is 4.37. The van der Waals surface area contributed by atoms with Crippen molar-refractivity contribution in [2.75, 3.05) is 13.2 Å². The zero-order valence-corrected chi connectivity index (χ0v) is 10.8. The smallest absolute Gasteiger partial charge is 0.254 e. The van der Waals surface area contributed by atoms with E-state index >= 15 is 0 Å². The summed E-state index contributed by atoms with van der Waals surface area (Å²) in [5.74, 6) is -0.0169. The van der Waals surface area contributed by atoms with Crippen LogP contribution in [0.4, 0.5) is 0 Å². The molecule has 1 N–H and O–H groups in total. The van der Waals surface area contributed by atoms with Gasteiger partial charge >= 0.3 is 0 Å². The molecule has 0 unspecified atom stereocenters. The number of carbonyl (C=O) groups excluding carboxylic acids is 1. The summed E-state index contributed by atoms with van der Waals surface area (Å²) in [6.07, 6.45) is 0.971. The summed E-state index contributed by atoms with van der Waals surface area (Å²) in [5, 5.41) is 8.97. The number of aliphatic hydroxyl groups excluding tert-OH is 1. The molecule has 0 aromatic heterocycles. The summed E-state index contributed by atoms with van der Waals surface area (Å²) >= 11 is 0. The molecule has 0 aliphatic carbocycles. The third-order valence-electron chi connectivity index (χ3n) is 2.83. The van der Waals surface area contributed by atoms with E-state index < -0.39 is 0 Å². The SMILES string of the molecule is CCc1ccc(C(=O)N(CCO)C(C)C)cc1. The number of hydrogen-bond acceptors (Lipinski definition) is 2. The van der Waals surface area contributed by atoms with Gasteiger partial charge in [-0.2, -0.15) is 0 Å². The van der Waals surface area contributed by atoms with Gasteiger partial charge in [-0.15, -0.1) is 0 Å². The number of amides is 1. The van der Waals surface area contributed by atoms with Crippen LogP contribution < -0.4 is 0 Å². The van der Waals surface area contributed by atoms with Crippen molar-refractivity contribution in [1.29, 1.82) is 0 Å². The monoisotopic (exact) mass is 235 g/mol. The minimum atomic E-state index is -0.0169. The van der Waals surface area contributed by atoms with Gasteiger partial charge in [-0.3, -0.25) is 4.79 Å². The maximum atomic E-state index is 12.2. The molecule has 0 aliphatic heterocycles. The van der Waals surface area contributed by atoms with E-state index in [4.69, 9.17) is 5.11 Å². The highest BCUT2D eigenvalue weighted by Crippen LogP contribution is 2.10. The van der Waals surface area contributed by atoms with Crippen LogP contribution in [0.3, 0.4) is 0 Å². The fourth-order valence-corrected chi connectivity index (χ4v) is 1.75. The van der Waals surface area contributed by atoms with E-state index in [1.54, 1.807) is 4.90 Å². The Hall–Kier alpha value is -1.35. The van der Waals surface area contributed by atoms with Crippen molar-refractivity contribution in [3.63, 3.8) is 0 Å². The van der Waals surface area contributed by atoms with Crippen molar-refractivity contribution in [3.8, 4) is 0 Å². The molecule has 0 saturated heterocycles. The van der Waals surface area contributed by atoms with E-state index in [-0.39, 0.29) is 18.6 Å². The molecule has 0 radical (unpaired) electrons. The second-order valence-corrected chi connectivity index (χ2v) is 4.37. The molecular formula is C14H21NO2. The van der Waals surface area contributed by atoms with Crippen LogP contribution in [-0.2, 0) is 6.42 Å². The fourth-order valence-electron chi connectivity index (χ4n) is 1.75. The zero-order chi connectivity index (χ0) is 12.8. The maximum absolute atomic E-state index is 12.2. The van der Waals surface area contributed by atoms with Crippen LogP contribution in [-0.4, -0.2) is 35.1 Å². The van der Waals surface area contributed by atoms with Crippen LogP contribution in [0.1, 0.15) is 36.7 Å². The number of benzene rings is 1. The average molecular weight is 235 g/mol. The van der Waals surface area contributed by atoms with Crippen LogP contribution >= 0.6 is 0 Å². The summed E-state index contributed by atoms with van der Waals surface area (Å²) in [6, 6.07) is 7.76. The first-order chi connectivity index (χ1) is 8.10. The fraction of sp³-hybridized carbons (Fsp3) is 0.500. The lowest BCUT2D eigenvalue weighted by Crippen LogP contribution is -2.38. The van der Waals surface area contributed by atoms with Gasteiger partial charge in [0.15, 0.2) is 0 Å². The van der Waals surface area contributed by atoms with Gasteiger partial charge in [0.2, 0.25) is 0 Å². The van der Waals surface area contributed by atoms with E-state index in [0.717, 1.165) is 6.42 Å². The van der Waals surface area contributed by atoms with Crippen molar-refractivity contribution in [1.82, 2.24) is 4.90 Å². The Bertz CT molecular complexity index is 357. The van der Waals surface area contributed by atoms with E-state index in [1.807, 2.05) is 38.1 Å². The number of hydrogen-bond donors (Lipinski definition) is 1. The summed E-state index contributed by atoms with van der Waals surface area (Å²) in [4.78, 5) is 13.9. The average Bonchev–Trinajstić information content (AvgIpc) is 2.35. The summed E-state index contributed by atoms with van der Waals surface area (Å²) in [7, 11) is 0. The van der Waals surface area contributed by atoms with Crippen molar-refractivity contribution in [3.05, 3.63) is 35.4 Å². The highest BCUT2D eigenvalue weighted by atomic mass is 16.3. The molecule has 1 aromatic rings. The number of aliphatic hydroxyl groups is 1. The molecule has 0 heterocycles. The van der Waals surface area contributed by atoms with Crippen molar-refractivity contribution >= 4 is 5.91 Å². The Labute approximate surface area is 103 Å². The van der Waals surface area contributed by atoms with E-state index in [0.29, 0.717) is 12.1 Å². The standard InChI is InChI=1S/C14H21NO2/c1-4-12-5-7-13(8-6-12)14(17)15(9-10-16)11(2)3/h5-8,11,16H,4,9-10H2,1-3H3. The minimum absolute atomic E-state index is 0.00301. The predicted octanol–water partition coefficient (Wildman–Crippen LogP) is 2.09. The number of rotatable bonds is 5. The summed E-state index contributed by atoms with van der Waals surface area (Å²) < 4.78 is 0. The lowest BCUT2D eigenvalue weighted by molar-refractivity contribution is 0.0665. The summed E-state index contributed by atoms with van der Waals surface area (Å²) in [6.45, 7) is 6.37. The van der Waals surface area contributed by atoms with Crippen LogP contribution in [0.5, 0.6) is 0 Å². The van der Waals surface area contributed by atoms with Crippen LogP contribution in [0.15, 0.2) is 24.3 Å². The molecule has 0 atom stereocenters. The van der Waals surface area contributed by atoms with Gasteiger partial charge in [0.05, 0.1) is 6.61 Å². The van der Waals surface area contributed by atoms with E-state index in [2.05, 4.69) is 6.92 Å². The lowest BCUT2D eigenvalue weighted by Gasteiger charge is -2.26. The van der Waals surface area contributed by atoms with Gasteiger partial charge in [0, 0.05) is 18.2 Å². The third-order valence-corrected chi connectivity index (χ3v) is 2.83. The molecule has 0 bridgehead atoms. The van der Waals surface area contributed by atoms with Crippen molar-refractivity contribution in [2.24, 2.45) is 0 Å². The molecule has 1 rings (SSSR count). The van der Waals surface area contributed by atoms with E-state index in [1.165, 1.54) is 5.56 Å². The van der Waals surface area contributed by atoms with Gasteiger partial charge < -0.3 is 10.0 Å². The first kappa shape index (κ1) is 13.7. The molecule has 17 heavy (non-hydrogen) atoms. The topological polar surface area (TPSA) is 40.5 Å². The molecule has 0 spiro atoms. The normalized spacial score (nSPS) is 10.6. The molecule has 3 heteroatoms. The first-order valence-electron chi connectivity index (χ1n) is 6.11. The van der Waals surface area contributed by atoms with Crippen LogP contribution in [0.2, 0.25) is 0 Å². The molecule has 94 valence electrons. The Kier molecular flexibility index (Phi) is 5.16. The number of aryl methyl sites for hydroxylation is 1. The van der Waals surface area contributed by atoms with Gasteiger partial charge in [0.1, 0.15) is 0 Å². The highest BCUT2D eigenvalue weighted by Gasteiger charge is 2.17. The molecule has 0 saturated carbocycles. The highest BCUT2D eigenvalue weighted by molar-refractivity contribution is 5.94. The van der Waals surface area contributed by atoms with Crippen LogP contribution in [0.25, 0.3) is 0 Å². The lowest BCUT2D eigenvalue weighted by atomic mass is 10.1. The zero-order valence-electron chi connectivity index (χ0n) is 10.8. The number of carbonyl (C=O) groups is 1. The molecule has 1 amide bonds. The molecule has 0 aliphatic rings. The Morgan fingerprint density at radius 1 is 1.29 bits per heavy atom. The first-order valence-corrected chi connectivity index (χ1v) is 6.11. The third kappa shape index (κ3) is 3.56. The Morgan fingerprint density at radius 2 is 1.88 bits per heavy atom. The quantitative estimate of drug-likeness (QED) is 0.849. The molecule has 3 nitrogen and oxygen atoms in total. The maximum Gasteiger partial charge on any atom is 0.254 e. The van der Waals surface area contributed by atoms with Crippen molar-refractivity contribution < 1.29 is 9.90 Å². The Morgan fingerprint density at radius 3 is 2.29 bits per heavy atom. The van der Waals surface area contributed by atoms with Gasteiger partial charge in [0.25, 0.3) is 5.91 Å². The molecular weight excluding hydrogens is 214 g/mol. The molecule has 0 fully saturated rings. The largest absolute Gasteiger partial charge is 0.395 e. The minimum Gasteiger partial charge on any atom is -0.395 e.